The van der Waals surface area contributed by atoms with Crippen molar-refractivity contribution in [1.82, 2.24) is 4.90 Å². The number of amides is 1. The van der Waals surface area contributed by atoms with E-state index in [0.29, 0.717) is 18.4 Å². The number of nitrogens with zero attached hydrogens (tertiary/aromatic N) is 1. The van der Waals surface area contributed by atoms with Gasteiger partial charge < -0.3 is 15.0 Å². The van der Waals surface area contributed by atoms with Crippen LogP contribution in [0.25, 0.3) is 0 Å². The zero-order valence-electron chi connectivity index (χ0n) is 14.3. The molecule has 1 aromatic carbocycles. The molecular formula is C19H28N2O2. The lowest BCUT2D eigenvalue weighted by atomic mass is 9.85. The highest BCUT2D eigenvalue weighted by molar-refractivity contribution is 5.99. The fourth-order valence-electron chi connectivity index (χ4n) is 3.25. The van der Waals surface area contributed by atoms with Crippen LogP contribution in [0.5, 0.6) is 0 Å². The Balaban J connectivity index is 1.98. The fraction of sp³-hybridized carbons (Fsp3) is 0.526. The molecule has 23 heavy (non-hydrogen) atoms. The first kappa shape index (κ1) is 17.5. The SMILES string of the molecule is C=CCNc1ccccc1C(=O)N1CCC([C@@H](C)COC)CC1. The lowest BCUT2D eigenvalue weighted by Gasteiger charge is -2.35. The Labute approximate surface area is 139 Å². The first-order valence-electron chi connectivity index (χ1n) is 8.39. The van der Waals surface area contributed by atoms with Crippen LogP contribution < -0.4 is 5.32 Å². The van der Waals surface area contributed by atoms with E-state index < -0.39 is 0 Å². The summed E-state index contributed by atoms with van der Waals surface area (Å²) >= 11 is 0. The van der Waals surface area contributed by atoms with E-state index >= 15 is 0 Å². The number of ether oxygens (including phenoxy) is 1. The predicted molar refractivity (Wildman–Crippen MR) is 94.8 cm³/mol. The number of nitrogens with one attached hydrogen (secondary N) is 1. The Morgan fingerprint density at radius 2 is 2.13 bits per heavy atom. The van der Waals surface area contributed by atoms with Gasteiger partial charge in [0.05, 0.1) is 5.56 Å². The number of carbonyl (C=O) groups is 1. The molecule has 0 aromatic heterocycles. The van der Waals surface area contributed by atoms with Gasteiger partial charge in [-0.3, -0.25) is 4.79 Å². The van der Waals surface area contributed by atoms with Crippen LogP contribution in [0.4, 0.5) is 5.69 Å². The van der Waals surface area contributed by atoms with Crippen molar-refractivity contribution in [2.45, 2.75) is 19.8 Å². The molecule has 0 spiro atoms. The predicted octanol–water partition coefficient (Wildman–Crippen LogP) is 3.42. The summed E-state index contributed by atoms with van der Waals surface area (Å²) in [5, 5.41) is 3.24. The van der Waals surface area contributed by atoms with Crippen LogP contribution in [0.2, 0.25) is 0 Å². The van der Waals surface area contributed by atoms with Crippen molar-refractivity contribution >= 4 is 11.6 Å². The summed E-state index contributed by atoms with van der Waals surface area (Å²) in [7, 11) is 1.75. The Morgan fingerprint density at radius 3 is 2.78 bits per heavy atom. The molecule has 1 aromatic rings. The summed E-state index contributed by atoms with van der Waals surface area (Å²) in [5.41, 5.74) is 1.63. The summed E-state index contributed by atoms with van der Waals surface area (Å²) in [6.07, 6.45) is 3.90. The van der Waals surface area contributed by atoms with E-state index in [4.69, 9.17) is 4.74 Å². The molecule has 2 rings (SSSR count). The molecule has 1 aliphatic heterocycles. The molecular weight excluding hydrogens is 288 g/mol. The molecule has 0 bridgehead atoms. The number of hydrogen-bond acceptors (Lipinski definition) is 3. The molecule has 1 aliphatic rings. The first-order chi connectivity index (χ1) is 11.2. The lowest BCUT2D eigenvalue weighted by molar-refractivity contribution is 0.0599. The van der Waals surface area contributed by atoms with E-state index in [2.05, 4.69) is 18.8 Å². The van der Waals surface area contributed by atoms with E-state index in [1.54, 1.807) is 13.2 Å². The van der Waals surface area contributed by atoms with Gasteiger partial charge in [-0.05, 0) is 36.8 Å². The van der Waals surface area contributed by atoms with Gasteiger partial charge in [-0.1, -0.05) is 25.1 Å². The molecule has 1 saturated heterocycles. The maximum absolute atomic E-state index is 12.8. The van der Waals surface area contributed by atoms with Gasteiger partial charge in [0.2, 0.25) is 0 Å². The molecule has 1 atom stereocenters. The Kier molecular flexibility index (Phi) is 6.66. The lowest BCUT2D eigenvalue weighted by Crippen LogP contribution is -2.40. The largest absolute Gasteiger partial charge is 0.384 e. The van der Waals surface area contributed by atoms with Crippen molar-refractivity contribution in [3.05, 3.63) is 42.5 Å². The number of likely N-dealkylation sites (tertiary alicyclic amines) is 1. The third-order valence-electron chi connectivity index (χ3n) is 4.66. The van der Waals surface area contributed by atoms with Crippen molar-refractivity contribution < 1.29 is 9.53 Å². The number of methoxy groups -OCH3 is 1. The fourth-order valence-corrected chi connectivity index (χ4v) is 3.25. The highest BCUT2D eigenvalue weighted by Crippen LogP contribution is 2.27. The zero-order valence-corrected chi connectivity index (χ0v) is 14.3. The normalized spacial score (nSPS) is 16.9. The van der Waals surface area contributed by atoms with Gasteiger partial charge in [-0.15, -0.1) is 6.58 Å². The quantitative estimate of drug-likeness (QED) is 0.784. The second kappa shape index (κ2) is 8.73. The molecule has 0 radical (unpaired) electrons. The highest BCUT2D eigenvalue weighted by Gasteiger charge is 2.27. The molecule has 1 fully saturated rings. The third-order valence-corrected chi connectivity index (χ3v) is 4.66. The van der Waals surface area contributed by atoms with Crippen LogP contribution in [0.3, 0.4) is 0 Å². The Morgan fingerprint density at radius 1 is 1.43 bits per heavy atom. The topological polar surface area (TPSA) is 41.6 Å². The second-order valence-corrected chi connectivity index (χ2v) is 6.28. The number of benzene rings is 1. The van der Waals surface area contributed by atoms with E-state index in [0.717, 1.165) is 43.8 Å². The van der Waals surface area contributed by atoms with Crippen LogP contribution in [-0.2, 0) is 4.74 Å². The standard InChI is InChI=1S/C19H28N2O2/c1-4-11-20-18-8-6-5-7-17(18)19(22)21-12-9-16(10-13-21)15(2)14-23-3/h4-8,15-16,20H,1,9-14H2,2-3H3/t15-/m0/s1. The van der Waals surface area contributed by atoms with Gasteiger partial charge >= 0.3 is 0 Å². The Bertz CT molecular complexity index is 522. The van der Waals surface area contributed by atoms with Crippen molar-refractivity contribution in [2.75, 3.05) is 38.7 Å². The summed E-state index contributed by atoms with van der Waals surface area (Å²) < 4.78 is 5.26. The summed E-state index contributed by atoms with van der Waals surface area (Å²) in [6.45, 7) is 9.05. The minimum atomic E-state index is 0.120. The summed E-state index contributed by atoms with van der Waals surface area (Å²) in [6, 6.07) is 7.71. The van der Waals surface area contributed by atoms with Gasteiger partial charge in [-0.25, -0.2) is 0 Å². The van der Waals surface area contributed by atoms with Crippen molar-refractivity contribution in [2.24, 2.45) is 11.8 Å². The monoisotopic (exact) mass is 316 g/mol. The molecule has 0 saturated carbocycles. The molecule has 126 valence electrons. The number of rotatable bonds is 7. The number of piperidine rings is 1. The maximum atomic E-state index is 12.8. The summed E-state index contributed by atoms with van der Waals surface area (Å²) in [5.74, 6) is 1.32. The summed E-state index contributed by atoms with van der Waals surface area (Å²) in [4.78, 5) is 14.8. The number of hydrogen-bond donors (Lipinski definition) is 1. The number of para-hydroxylation sites is 1. The second-order valence-electron chi connectivity index (χ2n) is 6.28. The molecule has 1 heterocycles. The maximum Gasteiger partial charge on any atom is 0.255 e. The van der Waals surface area contributed by atoms with Crippen LogP contribution in [0, 0.1) is 11.8 Å². The van der Waals surface area contributed by atoms with Crippen molar-refractivity contribution in [3.63, 3.8) is 0 Å². The molecule has 0 aliphatic carbocycles. The van der Waals surface area contributed by atoms with Gasteiger partial charge in [0, 0.05) is 39.0 Å². The van der Waals surface area contributed by atoms with Crippen LogP contribution in [-0.4, -0.2) is 44.2 Å². The minimum Gasteiger partial charge on any atom is -0.384 e. The van der Waals surface area contributed by atoms with Gasteiger partial charge in [-0.2, -0.15) is 0 Å². The average Bonchev–Trinajstić information content (AvgIpc) is 2.60. The zero-order chi connectivity index (χ0) is 16.7. The van der Waals surface area contributed by atoms with Crippen LogP contribution >= 0.6 is 0 Å². The van der Waals surface area contributed by atoms with Gasteiger partial charge in [0.25, 0.3) is 5.91 Å². The Hall–Kier alpha value is -1.81. The smallest absolute Gasteiger partial charge is 0.255 e. The van der Waals surface area contributed by atoms with Gasteiger partial charge in [0.1, 0.15) is 0 Å². The molecule has 4 nitrogen and oxygen atoms in total. The van der Waals surface area contributed by atoms with Gasteiger partial charge in [0.15, 0.2) is 0 Å². The van der Waals surface area contributed by atoms with Crippen molar-refractivity contribution in [3.8, 4) is 0 Å². The molecule has 0 unspecified atom stereocenters. The third kappa shape index (κ3) is 4.58. The van der Waals surface area contributed by atoms with Crippen molar-refractivity contribution in [1.29, 1.82) is 0 Å². The molecule has 1 N–H and O–H groups in total. The average molecular weight is 316 g/mol. The molecule has 1 amide bonds. The molecule has 4 heteroatoms. The minimum absolute atomic E-state index is 0.120. The first-order valence-corrected chi connectivity index (χ1v) is 8.39. The van der Waals surface area contributed by atoms with Crippen LogP contribution in [0.15, 0.2) is 36.9 Å². The van der Waals surface area contributed by atoms with Crippen LogP contribution in [0.1, 0.15) is 30.1 Å². The van der Waals surface area contributed by atoms with E-state index in [-0.39, 0.29) is 5.91 Å². The van der Waals surface area contributed by atoms with E-state index in [1.165, 1.54) is 0 Å². The van der Waals surface area contributed by atoms with E-state index in [9.17, 15) is 4.79 Å². The highest BCUT2D eigenvalue weighted by atomic mass is 16.5. The number of carbonyl (C=O) groups excluding carboxylic acids is 1. The van der Waals surface area contributed by atoms with E-state index in [1.807, 2.05) is 29.2 Å². The number of anilines is 1.